The lowest BCUT2D eigenvalue weighted by molar-refractivity contribution is -0.111. The van der Waals surface area contributed by atoms with Crippen LogP contribution < -0.4 is 0 Å². The van der Waals surface area contributed by atoms with E-state index in [0.717, 1.165) is 11.1 Å². The van der Waals surface area contributed by atoms with Crippen LogP contribution in [0.4, 0.5) is 0 Å². The van der Waals surface area contributed by atoms with E-state index >= 15 is 0 Å². The van der Waals surface area contributed by atoms with Gasteiger partial charge >= 0.3 is 0 Å². The number of hydrogen-bond donors (Lipinski definition) is 0. The summed E-state index contributed by atoms with van der Waals surface area (Å²) in [5, 5.41) is 0. The molecule has 0 N–H and O–H groups in total. The van der Waals surface area contributed by atoms with E-state index in [1.165, 1.54) is 0 Å². The first-order chi connectivity index (χ1) is 8.20. The summed E-state index contributed by atoms with van der Waals surface area (Å²) in [6.45, 7) is 5.40. The van der Waals surface area contributed by atoms with Crippen LogP contribution in [0.5, 0.6) is 0 Å². The van der Waals surface area contributed by atoms with Gasteiger partial charge in [-0.1, -0.05) is 49.1 Å². The lowest BCUT2D eigenvalue weighted by atomic mass is 9.81. The lowest BCUT2D eigenvalue weighted by Gasteiger charge is -2.19. The molecule has 17 heavy (non-hydrogen) atoms. The summed E-state index contributed by atoms with van der Waals surface area (Å²) >= 11 is 0. The standard InChI is InChI=1S/C15H12O2/c1-3-7-11-10(4-2)14(16)15(17)13-9-6-5-8-12(11)13/h3-9H,1H2,2H3/b10-4+,11-7+. The topological polar surface area (TPSA) is 34.1 Å². The minimum atomic E-state index is -0.445. The Labute approximate surface area is 100.0 Å². The third-order valence-electron chi connectivity index (χ3n) is 2.78. The van der Waals surface area contributed by atoms with Crippen LogP contribution in [0.1, 0.15) is 22.8 Å². The van der Waals surface area contributed by atoms with Gasteiger partial charge in [-0.25, -0.2) is 0 Å². The molecule has 0 aliphatic heterocycles. The van der Waals surface area contributed by atoms with Crippen molar-refractivity contribution in [1.29, 1.82) is 0 Å². The van der Waals surface area contributed by atoms with Crippen LogP contribution in [0.2, 0.25) is 0 Å². The van der Waals surface area contributed by atoms with Crippen molar-refractivity contribution in [2.75, 3.05) is 0 Å². The maximum Gasteiger partial charge on any atom is 0.234 e. The van der Waals surface area contributed by atoms with Gasteiger partial charge < -0.3 is 0 Å². The summed E-state index contributed by atoms with van der Waals surface area (Å²) < 4.78 is 0. The Balaban J connectivity index is 2.78. The predicted octanol–water partition coefficient (Wildman–Crippen LogP) is 2.97. The molecule has 0 atom stereocenters. The third kappa shape index (κ3) is 1.68. The van der Waals surface area contributed by atoms with E-state index in [9.17, 15) is 9.59 Å². The molecule has 1 aromatic carbocycles. The van der Waals surface area contributed by atoms with Crippen molar-refractivity contribution in [3.63, 3.8) is 0 Å². The van der Waals surface area contributed by atoms with Crippen molar-refractivity contribution in [2.24, 2.45) is 0 Å². The maximum atomic E-state index is 11.9. The van der Waals surface area contributed by atoms with Gasteiger partial charge in [0.2, 0.25) is 11.6 Å². The molecule has 2 rings (SSSR count). The Bertz CT molecular complexity index is 574. The van der Waals surface area contributed by atoms with Crippen LogP contribution in [0.25, 0.3) is 5.57 Å². The minimum absolute atomic E-state index is 0.435. The van der Waals surface area contributed by atoms with E-state index < -0.39 is 11.6 Å². The van der Waals surface area contributed by atoms with E-state index in [4.69, 9.17) is 0 Å². The molecule has 0 saturated carbocycles. The quantitative estimate of drug-likeness (QED) is 0.543. The highest BCUT2D eigenvalue weighted by molar-refractivity contribution is 6.54. The second kappa shape index (κ2) is 4.34. The van der Waals surface area contributed by atoms with Crippen molar-refractivity contribution in [2.45, 2.75) is 6.92 Å². The molecule has 2 nitrogen and oxygen atoms in total. The number of carbonyl (C=O) groups is 2. The Morgan fingerprint density at radius 3 is 2.24 bits per heavy atom. The molecule has 0 bridgehead atoms. The molecule has 0 heterocycles. The van der Waals surface area contributed by atoms with E-state index in [0.29, 0.717) is 11.1 Å². The average molecular weight is 224 g/mol. The summed E-state index contributed by atoms with van der Waals surface area (Å²) in [6, 6.07) is 7.14. The van der Waals surface area contributed by atoms with Crippen LogP contribution in [-0.4, -0.2) is 11.6 Å². The Morgan fingerprint density at radius 2 is 1.65 bits per heavy atom. The van der Waals surface area contributed by atoms with Crippen molar-refractivity contribution in [1.82, 2.24) is 0 Å². The number of rotatable bonds is 1. The van der Waals surface area contributed by atoms with E-state index in [1.807, 2.05) is 12.1 Å². The van der Waals surface area contributed by atoms with Gasteiger partial charge in [0.05, 0.1) is 0 Å². The number of hydrogen-bond acceptors (Lipinski definition) is 2. The summed E-state index contributed by atoms with van der Waals surface area (Å²) in [5.41, 5.74) is 2.48. The molecule has 0 unspecified atom stereocenters. The SMILES string of the molecule is C=C/C=C1\C(=C/C)C(=O)C(=O)c2ccccc21. The fourth-order valence-corrected chi connectivity index (χ4v) is 2.01. The van der Waals surface area contributed by atoms with Crippen molar-refractivity contribution in [3.8, 4) is 0 Å². The molecule has 84 valence electrons. The molecular weight excluding hydrogens is 212 g/mol. The minimum Gasteiger partial charge on any atom is -0.285 e. The maximum absolute atomic E-state index is 11.9. The predicted molar refractivity (Wildman–Crippen MR) is 67.7 cm³/mol. The van der Waals surface area contributed by atoms with Gasteiger partial charge in [0.15, 0.2) is 0 Å². The normalized spacial score (nSPS) is 19.6. The van der Waals surface area contributed by atoms with Crippen LogP contribution in [0.15, 0.2) is 54.6 Å². The van der Waals surface area contributed by atoms with E-state index in [-0.39, 0.29) is 0 Å². The van der Waals surface area contributed by atoms with Crippen LogP contribution in [-0.2, 0) is 4.79 Å². The van der Waals surface area contributed by atoms with Gasteiger partial charge in [0.1, 0.15) is 0 Å². The molecule has 2 heteroatoms. The second-order valence-electron chi connectivity index (χ2n) is 3.72. The smallest absolute Gasteiger partial charge is 0.234 e. The summed E-state index contributed by atoms with van der Waals surface area (Å²) in [5.74, 6) is -0.880. The number of ketones is 2. The third-order valence-corrected chi connectivity index (χ3v) is 2.78. The molecule has 0 amide bonds. The highest BCUT2D eigenvalue weighted by atomic mass is 16.2. The highest BCUT2D eigenvalue weighted by Crippen LogP contribution is 2.32. The van der Waals surface area contributed by atoms with E-state index in [2.05, 4.69) is 6.58 Å². The fourth-order valence-electron chi connectivity index (χ4n) is 2.01. The van der Waals surface area contributed by atoms with Gasteiger partial charge in [-0.05, 0) is 18.1 Å². The molecular formula is C15H12O2. The number of carbonyl (C=O) groups excluding carboxylic acids is 2. The molecule has 0 spiro atoms. The molecule has 0 fully saturated rings. The first kappa shape index (κ1) is 11.3. The highest BCUT2D eigenvalue weighted by Gasteiger charge is 2.31. The first-order valence-electron chi connectivity index (χ1n) is 5.38. The average Bonchev–Trinajstić information content (AvgIpc) is 2.36. The summed E-state index contributed by atoms with van der Waals surface area (Å²) in [6.07, 6.45) is 5.06. The van der Waals surface area contributed by atoms with Crippen LogP contribution in [0, 0.1) is 0 Å². The summed E-state index contributed by atoms with van der Waals surface area (Å²) in [4.78, 5) is 23.8. The molecule has 0 saturated heterocycles. The van der Waals surface area contributed by atoms with Crippen molar-refractivity contribution >= 4 is 17.1 Å². The van der Waals surface area contributed by atoms with Gasteiger partial charge in [-0.2, -0.15) is 0 Å². The zero-order valence-corrected chi connectivity index (χ0v) is 9.57. The van der Waals surface area contributed by atoms with Gasteiger partial charge in [-0.15, -0.1) is 0 Å². The monoisotopic (exact) mass is 224 g/mol. The van der Waals surface area contributed by atoms with Crippen LogP contribution >= 0.6 is 0 Å². The molecule has 1 aliphatic carbocycles. The Hall–Kier alpha value is -2.22. The molecule has 0 aromatic heterocycles. The first-order valence-corrected chi connectivity index (χ1v) is 5.38. The molecule has 1 aliphatic rings. The number of fused-ring (bicyclic) bond motifs is 1. The van der Waals surface area contributed by atoms with Crippen molar-refractivity contribution < 1.29 is 9.59 Å². The van der Waals surface area contributed by atoms with Gasteiger partial charge in [0, 0.05) is 11.1 Å². The zero-order valence-electron chi connectivity index (χ0n) is 9.57. The number of Topliss-reactive ketones (excluding diaryl/α,β-unsaturated/α-hetero) is 2. The Morgan fingerprint density at radius 1 is 1.00 bits per heavy atom. The lowest BCUT2D eigenvalue weighted by Crippen LogP contribution is -2.24. The number of allylic oxidation sites excluding steroid dienone is 5. The van der Waals surface area contributed by atoms with Crippen LogP contribution in [0.3, 0.4) is 0 Å². The number of benzene rings is 1. The summed E-state index contributed by atoms with van der Waals surface area (Å²) in [7, 11) is 0. The van der Waals surface area contributed by atoms with Gasteiger partial charge in [-0.3, -0.25) is 9.59 Å². The fraction of sp³-hybridized carbons (Fsp3) is 0.0667. The Kier molecular flexibility index (Phi) is 2.88. The molecule has 1 aromatic rings. The van der Waals surface area contributed by atoms with Gasteiger partial charge in [0.25, 0.3) is 0 Å². The largest absolute Gasteiger partial charge is 0.285 e. The second-order valence-corrected chi connectivity index (χ2v) is 3.72. The van der Waals surface area contributed by atoms with Crippen molar-refractivity contribution in [3.05, 3.63) is 65.8 Å². The zero-order chi connectivity index (χ0) is 12.4. The van der Waals surface area contributed by atoms with E-state index in [1.54, 1.807) is 37.3 Å². The molecule has 0 radical (unpaired) electrons.